The van der Waals surface area contributed by atoms with Gasteiger partial charge in [-0.1, -0.05) is 57.7 Å². The Labute approximate surface area is 255 Å². The first-order valence-corrected chi connectivity index (χ1v) is 17.3. The van der Waals surface area contributed by atoms with Crippen molar-refractivity contribution in [1.29, 1.82) is 0 Å². The van der Waals surface area contributed by atoms with Gasteiger partial charge in [0.25, 0.3) is 0 Å². The third-order valence-electron chi connectivity index (χ3n) is 12.7. The van der Waals surface area contributed by atoms with Crippen LogP contribution in [0.15, 0.2) is 24.3 Å². The molecular formula is C37H56N2O3. The molecule has 0 radical (unpaired) electrons. The fraction of sp³-hybridized carbons (Fsp3) is 0.784. The second-order valence-corrected chi connectivity index (χ2v) is 16.4. The van der Waals surface area contributed by atoms with Crippen LogP contribution in [0.4, 0.5) is 0 Å². The summed E-state index contributed by atoms with van der Waals surface area (Å²) >= 11 is 0. The number of hydrogen-bond donors (Lipinski definition) is 1. The average molecular weight is 577 g/mol. The standard InChI is InChI=1S/C37H56N2O3/c1-34-20-27-21-35(2,24-34)26-36(22-27,25-34)38(3)16-9-7-5-6-8-10-17-39-18-15-37-14-13-29(40)19-31(37)42-33-30(41-4)12-11-28(23-39)32(33)37/h11-14,27,29,31,40H,5-10,15-26H2,1-4H3/t27?,29-,31-,34?,35?,36?,37-/m0/s1. The summed E-state index contributed by atoms with van der Waals surface area (Å²) in [5, 5.41) is 10.3. The molecule has 2 aliphatic heterocycles. The largest absolute Gasteiger partial charge is 0.493 e. The molecule has 4 saturated carbocycles. The zero-order valence-corrected chi connectivity index (χ0v) is 26.9. The molecule has 1 spiro atoms. The maximum absolute atomic E-state index is 10.3. The molecule has 5 heteroatoms. The number of methoxy groups -OCH3 is 1. The first-order chi connectivity index (χ1) is 20.1. The van der Waals surface area contributed by atoms with Crippen LogP contribution in [0.25, 0.3) is 0 Å². The predicted octanol–water partition coefficient (Wildman–Crippen LogP) is 7.24. The van der Waals surface area contributed by atoms with Gasteiger partial charge in [-0.15, -0.1) is 0 Å². The summed E-state index contributed by atoms with van der Waals surface area (Å²) in [6, 6.07) is 4.33. The Balaban J connectivity index is 0.865. The summed E-state index contributed by atoms with van der Waals surface area (Å²) in [6.45, 7) is 9.72. The Morgan fingerprint density at radius 3 is 2.48 bits per heavy atom. The number of benzene rings is 1. The third kappa shape index (κ3) is 5.04. The Morgan fingerprint density at radius 2 is 1.74 bits per heavy atom. The molecule has 232 valence electrons. The number of nitrogens with zero attached hydrogens (tertiary/aromatic N) is 2. The molecular weight excluding hydrogens is 520 g/mol. The van der Waals surface area contributed by atoms with Gasteiger partial charge in [-0.2, -0.15) is 0 Å². The highest BCUT2D eigenvalue weighted by Gasteiger charge is 2.61. The number of aliphatic hydroxyl groups excluding tert-OH is 1. The highest BCUT2D eigenvalue weighted by molar-refractivity contribution is 5.61. The summed E-state index contributed by atoms with van der Waals surface area (Å²) < 4.78 is 12.2. The van der Waals surface area contributed by atoms with Crippen molar-refractivity contribution in [2.75, 3.05) is 33.8 Å². The van der Waals surface area contributed by atoms with E-state index in [1.54, 1.807) is 7.11 Å². The lowest BCUT2D eigenvalue weighted by atomic mass is 9.42. The molecule has 4 bridgehead atoms. The van der Waals surface area contributed by atoms with Gasteiger partial charge >= 0.3 is 0 Å². The molecule has 2 unspecified atom stereocenters. The second-order valence-electron chi connectivity index (χ2n) is 16.4. The molecule has 0 amide bonds. The fourth-order valence-corrected chi connectivity index (χ4v) is 11.6. The SMILES string of the molecule is COc1ccc2c3c1O[C@H]1C[C@@H](O)C=C[C@@]31CCN(CCCCCCCCN(C)C13CC4CC(C)(CC(C)(C4)C1)C3)C2. The van der Waals surface area contributed by atoms with Gasteiger partial charge in [0.05, 0.1) is 18.6 Å². The van der Waals surface area contributed by atoms with E-state index in [2.05, 4.69) is 48.9 Å². The molecule has 5 atom stereocenters. The van der Waals surface area contributed by atoms with Crippen molar-refractivity contribution < 1.29 is 14.6 Å². The van der Waals surface area contributed by atoms with E-state index in [0.29, 0.717) is 22.8 Å². The van der Waals surface area contributed by atoms with Gasteiger partial charge in [0, 0.05) is 24.1 Å². The minimum atomic E-state index is -0.423. The van der Waals surface area contributed by atoms with Crippen LogP contribution in [0.1, 0.15) is 115 Å². The molecule has 1 aromatic carbocycles. The van der Waals surface area contributed by atoms with E-state index in [-0.39, 0.29) is 11.5 Å². The summed E-state index contributed by atoms with van der Waals surface area (Å²) in [4.78, 5) is 5.48. The van der Waals surface area contributed by atoms with Crippen LogP contribution >= 0.6 is 0 Å². The Morgan fingerprint density at radius 1 is 1.00 bits per heavy atom. The molecule has 1 N–H and O–H groups in total. The van der Waals surface area contributed by atoms with Crippen LogP contribution in [0.5, 0.6) is 11.5 Å². The number of unbranched alkanes of at least 4 members (excludes halogenated alkanes) is 5. The van der Waals surface area contributed by atoms with Crippen molar-refractivity contribution in [2.24, 2.45) is 16.7 Å². The fourth-order valence-electron chi connectivity index (χ4n) is 11.6. The molecule has 4 fully saturated rings. The predicted molar refractivity (Wildman–Crippen MR) is 169 cm³/mol. The van der Waals surface area contributed by atoms with Gasteiger partial charge in [0.2, 0.25) is 0 Å². The first-order valence-electron chi connectivity index (χ1n) is 17.3. The van der Waals surface area contributed by atoms with Crippen LogP contribution in [-0.4, -0.2) is 66.4 Å². The van der Waals surface area contributed by atoms with Gasteiger partial charge in [-0.05, 0) is 113 Å². The zero-order valence-electron chi connectivity index (χ0n) is 26.9. The van der Waals surface area contributed by atoms with E-state index in [9.17, 15) is 5.11 Å². The second kappa shape index (κ2) is 10.8. The molecule has 5 nitrogen and oxygen atoms in total. The monoisotopic (exact) mass is 576 g/mol. The number of ether oxygens (including phenoxy) is 2. The lowest BCUT2D eigenvalue weighted by Gasteiger charge is -2.67. The van der Waals surface area contributed by atoms with Gasteiger partial charge in [-0.25, -0.2) is 0 Å². The number of rotatable bonds is 11. The third-order valence-corrected chi connectivity index (χ3v) is 12.7. The van der Waals surface area contributed by atoms with Crippen molar-refractivity contribution >= 4 is 0 Å². The van der Waals surface area contributed by atoms with Crippen LogP contribution in [-0.2, 0) is 12.0 Å². The lowest BCUT2D eigenvalue weighted by Crippen LogP contribution is -2.64. The van der Waals surface area contributed by atoms with Crippen molar-refractivity contribution in [3.63, 3.8) is 0 Å². The van der Waals surface area contributed by atoms with E-state index < -0.39 is 6.10 Å². The summed E-state index contributed by atoms with van der Waals surface area (Å²) in [5.41, 5.74) is 4.27. The zero-order chi connectivity index (χ0) is 29.2. The van der Waals surface area contributed by atoms with Gasteiger partial charge in [-0.3, -0.25) is 4.90 Å². The normalized spacial score (nSPS) is 39.7. The Bertz CT molecular complexity index is 1180. The van der Waals surface area contributed by atoms with E-state index in [0.717, 1.165) is 36.9 Å². The first kappa shape index (κ1) is 29.2. The maximum Gasteiger partial charge on any atom is 0.166 e. The van der Waals surface area contributed by atoms with Gasteiger partial charge in [0.15, 0.2) is 11.5 Å². The van der Waals surface area contributed by atoms with E-state index in [1.807, 2.05) is 6.08 Å². The maximum atomic E-state index is 10.3. The van der Waals surface area contributed by atoms with Crippen molar-refractivity contribution in [3.05, 3.63) is 35.4 Å². The van der Waals surface area contributed by atoms with Crippen molar-refractivity contribution in [1.82, 2.24) is 9.80 Å². The highest BCUT2D eigenvalue weighted by atomic mass is 16.5. The Hall–Kier alpha value is -1.56. The van der Waals surface area contributed by atoms with E-state index >= 15 is 0 Å². The van der Waals surface area contributed by atoms with Gasteiger partial charge < -0.3 is 19.5 Å². The number of hydrogen-bond acceptors (Lipinski definition) is 5. The smallest absolute Gasteiger partial charge is 0.166 e. The highest BCUT2D eigenvalue weighted by Crippen LogP contribution is 2.67. The molecule has 42 heavy (non-hydrogen) atoms. The van der Waals surface area contributed by atoms with E-state index in [4.69, 9.17) is 9.47 Å². The molecule has 7 aliphatic rings. The molecule has 2 heterocycles. The summed E-state index contributed by atoms with van der Waals surface area (Å²) in [7, 11) is 4.19. The quantitative estimate of drug-likeness (QED) is 0.222. The minimum Gasteiger partial charge on any atom is -0.493 e. The molecule has 5 aliphatic carbocycles. The number of aliphatic hydroxyl groups is 1. The molecule has 0 saturated heterocycles. The Kier molecular flexibility index (Phi) is 7.50. The van der Waals surface area contributed by atoms with Crippen molar-refractivity contribution in [2.45, 2.75) is 133 Å². The average Bonchev–Trinajstić information content (AvgIpc) is 3.16. The van der Waals surface area contributed by atoms with Crippen LogP contribution in [0.3, 0.4) is 0 Å². The van der Waals surface area contributed by atoms with Crippen LogP contribution in [0, 0.1) is 16.7 Å². The topological polar surface area (TPSA) is 45.2 Å². The lowest BCUT2D eigenvalue weighted by molar-refractivity contribution is -0.156. The molecule has 8 rings (SSSR count). The molecule has 1 aromatic rings. The van der Waals surface area contributed by atoms with Gasteiger partial charge in [0.1, 0.15) is 6.10 Å². The minimum absolute atomic E-state index is 0.00401. The summed E-state index contributed by atoms with van der Waals surface area (Å²) in [6.07, 6.45) is 22.4. The van der Waals surface area contributed by atoms with E-state index in [1.165, 1.54) is 101 Å². The van der Waals surface area contributed by atoms with Crippen LogP contribution < -0.4 is 9.47 Å². The van der Waals surface area contributed by atoms with Crippen molar-refractivity contribution in [3.8, 4) is 11.5 Å². The summed E-state index contributed by atoms with van der Waals surface area (Å²) in [5.74, 6) is 2.72. The van der Waals surface area contributed by atoms with Crippen LogP contribution in [0.2, 0.25) is 0 Å². The molecule has 0 aromatic heterocycles.